The van der Waals surface area contributed by atoms with Crippen molar-refractivity contribution in [1.82, 2.24) is 10.2 Å². The van der Waals surface area contributed by atoms with Gasteiger partial charge in [-0.3, -0.25) is 9.59 Å². The lowest BCUT2D eigenvalue weighted by atomic mass is 9.95. The molecule has 2 rings (SSSR count). The highest BCUT2D eigenvalue weighted by Gasteiger charge is 2.41. The highest BCUT2D eigenvalue weighted by molar-refractivity contribution is 6.02. The van der Waals surface area contributed by atoms with E-state index >= 15 is 0 Å². The van der Waals surface area contributed by atoms with Crippen molar-refractivity contribution < 1.29 is 9.59 Å². The number of nitrogens with zero attached hydrogens (tertiary/aromatic N) is 2. The Bertz CT molecular complexity index is 583. The Hall–Kier alpha value is -2.24. The van der Waals surface area contributed by atoms with Crippen LogP contribution in [0.4, 0.5) is 11.4 Å². The number of amides is 2. The van der Waals surface area contributed by atoms with Gasteiger partial charge in [0, 0.05) is 32.9 Å². The van der Waals surface area contributed by atoms with E-state index in [4.69, 9.17) is 5.73 Å². The van der Waals surface area contributed by atoms with Crippen molar-refractivity contribution in [2.24, 2.45) is 0 Å². The monoisotopic (exact) mass is 290 g/mol. The molecule has 21 heavy (non-hydrogen) atoms. The van der Waals surface area contributed by atoms with Crippen molar-refractivity contribution >= 4 is 23.2 Å². The van der Waals surface area contributed by atoms with Crippen LogP contribution in [0, 0.1) is 0 Å². The summed E-state index contributed by atoms with van der Waals surface area (Å²) in [5.74, 6) is -0.161. The molecule has 3 N–H and O–H groups in total. The van der Waals surface area contributed by atoms with Gasteiger partial charge in [-0.25, -0.2) is 0 Å². The number of hydrogen-bond acceptors (Lipinski definition) is 4. The second kappa shape index (κ2) is 5.27. The molecule has 1 aliphatic rings. The van der Waals surface area contributed by atoms with Gasteiger partial charge in [-0.15, -0.1) is 0 Å². The zero-order valence-corrected chi connectivity index (χ0v) is 12.9. The summed E-state index contributed by atoms with van der Waals surface area (Å²) < 4.78 is 0. The van der Waals surface area contributed by atoms with Gasteiger partial charge in [-0.2, -0.15) is 0 Å². The third kappa shape index (κ3) is 2.53. The average molecular weight is 290 g/mol. The molecule has 0 spiro atoms. The summed E-state index contributed by atoms with van der Waals surface area (Å²) in [6, 6.07) is 5.15. The van der Waals surface area contributed by atoms with Crippen LogP contribution < -0.4 is 16.0 Å². The molecule has 0 aromatic heterocycles. The number of benzene rings is 1. The Morgan fingerprint density at radius 2 is 2.00 bits per heavy atom. The maximum atomic E-state index is 12.4. The number of hydrogen-bond donors (Lipinski definition) is 2. The number of anilines is 2. The molecule has 0 atom stereocenters. The van der Waals surface area contributed by atoms with Gasteiger partial charge in [-0.1, -0.05) is 0 Å². The molecule has 1 fully saturated rings. The topological polar surface area (TPSA) is 78.7 Å². The van der Waals surface area contributed by atoms with Crippen LogP contribution in [-0.2, 0) is 4.79 Å². The summed E-state index contributed by atoms with van der Waals surface area (Å²) >= 11 is 0. The van der Waals surface area contributed by atoms with Gasteiger partial charge in [-0.05, 0) is 32.0 Å². The van der Waals surface area contributed by atoms with Gasteiger partial charge in [0.2, 0.25) is 5.91 Å². The second-order valence-electron chi connectivity index (χ2n) is 5.79. The number of likely N-dealkylation sites (N-methyl/N-ethyl adjacent to an activating group) is 1. The van der Waals surface area contributed by atoms with Crippen LogP contribution >= 0.6 is 0 Å². The van der Waals surface area contributed by atoms with Crippen molar-refractivity contribution in [3.63, 3.8) is 0 Å². The standard InChI is InChI=1S/C15H22N4O2/c1-15(2)14(21)18(4)7-8-19(15)12-9-10(16)5-6-11(12)13(20)17-3/h5-6,9H,7-8,16H2,1-4H3,(H,17,20). The molecule has 1 aromatic carbocycles. The first-order valence-corrected chi connectivity index (χ1v) is 6.94. The Morgan fingerprint density at radius 3 is 2.62 bits per heavy atom. The molecule has 0 saturated carbocycles. The van der Waals surface area contributed by atoms with E-state index in [0.717, 1.165) is 0 Å². The Balaban J connectivity index is 2.52. The number of piperazine rings is 1. The lowest BCUT2D eigenvalue weighted by Crippen LogP contribution is -2.62. The van der Waals surface area contributed by atoms with Crippen molar-refractivity contribution in [1.29, 1.82) is 0 Å². The first kappa shape index (κ1) is 15.2. The average Bonchev–Trinajstić information content (AvgIpc) is 2.44. The maximum absolute atomic E-state index is 12.4. The molecule has 6 heteroatoms. The van der Waals surface area contributed by atoms with Crippen molar-refractivity contribution in [3.05, 3.63) is 23.8 Å². The SMILES string of the molecule is CNC(=O)c1ccc(N)cc1N1CCN(C)C(=O)C1(C)C. The van der Waals surface area contributed by atoms with Crippen LogP contribution in [0.25, 0.3) is 0 Å². The first-order valence-electron chi connectivity index (χ1n) is 6.94. The van der Waals surface area contributed by atoms with Crippen LogP contribution in [0.5, 0.6) is 0 Å². The van der Waals surface area contributed by atoms with E-state index in [1.54, 1.807) is 37.2 Å². The summed E-state index contributed by atoms with van der Waals surface area (Å²) in [5.41, 5.74) is 6.94. The van der Waals surface area contributed by atoms with Gasteiger partial charge < -0.3 is 20.9 Å². The van der Waals surface area contributed by atoms with Gasteiger partial charge in [0.15, 0.2) is 0 Å². The van der Waals surface area contributed by atoms with E-state index < -0.39 is 5.54 Å². The van der Waals surface area contributed by atoms with Crippen molar-refractivity contribution in [3.8, 4) is 0 Å². The number of carbonyl (C=O) groups excluding carboxylic acids is 2. The Kier molecular flexibility index (Phi) is 3.80. The Labute approximate surface area is 124 Å². The first-order chi connectivity index (χ1) is 9.78. The molecule has 6 nitrogen and oxygen atoms in total. The second-order valence-corrected chi connectivity index (χ2v) is 5.79. The van der Waals surface area contributed by atoms with Crippen LogP contribution in [-0.4, -0.2) is 49.4 Å². The van der Waals surface area contributed by atoms with E-state index in [1.807, 2.05) is 18.7 Å². The minimum atomic E-state index is -0.719. The van der Waals surface area contributed by atoms with Gasteiger partial charge in [0.1, 0.15) is 5.54 Å². The molecule has 0 aliphatic carbocycles. The summed E-state index contributed by atoms with van der Waals surface area (Å²) in [5, 5.41) is 2.63. The number of nitrogens with two attached hydrogens (primary N) is 1. The summed E-state index contributed by atoms with van der Waals surface area (Å²) in [7, 11) is 3.38. The van der Waals surface area contributed by atoms with Crippen LogP contribution in [0.2, 0.25) is 0 Å². The predicted molar refractivity (Wildman–Crippen MR) is 83.3 cm³/mol. The van der Waals surface area contributed by atoms with E-state index in [-0.39, 0.29) is 11.8 Å². The highest BCUT2D eigenvalue weighted by Crippen LogP contribution is 2.32. The third-order valence-corrected chi connectivity index (χ3v) is 3.99. The molecule has 114 valence electrons. The lowest BCUT2D eigenvalue weighted by molar-refractivity contribution is -0.136. The zero-order chi connectivity index (χ0) is 15.8. The fraction of sp³-hybridized carbons (Fsp3) is 0.467. The smallest absolute Gasteiger partial charge is 0.253 e. The number of nitrogen functional groups attached to an aromatic ring is 1. The predicted octanol–water partition coefficient (Wildman–Crippen LogP) is 0.685. The molecular weight excluding hydrogens is 268 g/mol. The molecule has 1 aromatic rings. The highest BCUT2D eigenvalue weighted by atomic mass is 16.2. The lowest BCUT2D eigenvalue weighted by Gasteiger charge is -2.46. The summed E-state index contributed by atoms with van der Waals surface area (Å²) in [6.07, 6.45) is 0. The number of carbonyl (C=O) groups is 2. The van der Waals surface area contributed by atoms with Gasteiger partial charge in [0.05, 0.1) is 11.3 Å². The minimum Gasteiger partial charge on any atom is -0.399 e. The largest absolute Gasteiger partial charge is 0.399 e. The molecule has 0 bridgehead atoms. The minimum absolute atomic E-state index is 0.0269. The summed E-state index contributed by atoms with van der Waals surface area (Å²) in [4.78, 5) is 28.2. The van der Waals surface area contributed by atoms with Crippen LogP contribution in [0.3, 0.4) is 0 Å². The fourth-order valence-corrected chi connectivity index (χ4v) is 2.73. The quantitative estimate of drug-likeness (QED) is 0.785. The molecule has 2 amide bonds. The summed E-state index contributed by atoms with van der Waals surface area (Å²) in [6.45, 7) is 5.00. The molecule has 0 radical (unpaired) electrons. The third-order valence-electron chi connectivity index (χ3n) is 3.99. The van der Waals surface area contributed by atoms with E-state index in [1.165, 1.54) is 0 Å². The van der Waals surface area contributed by atoms with Gasteiger partial charge >= 0.3 is 0 Å². The molecular formula is C15H22N4O2. The molecule has 0 unspecified atom stereocenters. The number of rotatable bonds is 2. The fourth-order valence-electron chi connectivity index (χ4n) is 2.73. The Morgan fingerprint density at radius 1 is 1.33 bits per heavy atom. The van der Waals surface area contributed by atoms with Crippen molar-refractivity contribution in [2.75, 3.05) is 37.8 Å². The van der Waals surface area contributed by atoms with E-state index in [0.29, 0.717) is 30.0 Å². The van der Waals surface area contributed by atoms with Crippen LogP contribution in [0.1, 0.15) is 24.2 Å². The molecule has 1 saturated heterocycles. The maximum Gasteiger partial charge on any atom is 0.253 e. The normalized spacial score (nSPS) is 17.8. The van der Waals surface area contributed by atoms with Gasteiger partial charge in [0.25, 0.3) is 5.91 Å². The molecule has 1 heterocycles. The number of nitrogens with one attached hydrogen (secondary N) is 1. The van der Waals surface area contributed by atoms with E-state index in [9.17, 15) is 9.59 Å². The van der Waals surface area contributed by atoms with Crippen LogP contribution in [0.15, 0.2) is 18.2 Å². The molecule has 1 aliphatic heterocycles. The van der Waals surface area contributed by atoms with E-state index in [2.05, 4.69) is 5.32 Å². The zero-order valence-electron chi connectivity index (χ0n) is 12.9. The van der Waals surface area contributed by atoms with Crippen molar-refractivity contribution in [2.45, 2.75) is 19.4 Å².